The molecule has 0 radical (unpaired) electrons. The maximum atomic E-state index is 12.1. The summed E-state index contributed by atoms with van der Waals surface area (Å²) >= 11 is 5.81. The number of benzene rings is 2. The van der Waals surface area contributed by atoms with Gasteiger partial charge in [0.25, 0.3) is 5.91 Å². The van der Waals surface area contributed by atoms with Gasteiger partial charge in [0.2, 0.25) is 0 Å². The van der Waals surface area contributed by atoms with E-state index in [2.05, 4.69) is 10.6 Å². The van der Waals surface area contributed by atoms with Crippen LogP contribution in [0.5, 0.6) is 0 Å². The van der Waals surface area contributed by atoms with Gasteiger partial charge < -0.3 is 15.7 Å². The number of halogens is 1. The van der Waals surface area contributed by atoms with Crippen molar-refractivity contribution in [3.05, 3.63) is 64.7 Å². The quantitative estimate of drug-likeness (QED) is 0.688. The average molecular weight is 319 g/mol. The van der Waals surface area contributed by atoms with Crippen LogP contribution in [0.3, 0.4) is 0 Å². The van der Waals surface area contributed by atoms with E-state index in [1.54, 1.807) is 24.3 Å². The molecule has 116 valence electrons. The highest BCUT2D eigenvalue weighted by atomic mass is 35.5. The molecule has 0 atom stereocenters. The maximum Gasteiger partial charge on any atom is 0.255 e. The highest BCUT2D eigenvalue weighted by Gasteiger charge is 2.06. The zero-order valence-electron chi connectivity index (χ0n) is 12.2. The summed E-state index contributed by atoms with van der Waals surface area (Å²) in [5.41, 5.74) is 2.39. The van der Waals surface area contributed by atoms with Gasteiger partial charge in [0, 0.05) is 29.4 Å². The molecule has 0 heterocycles. The molecule has 2 rings (SSSR count). The lowest BCUT2D eigenvalue weighted by Gasteiger charge is -2.08. The van der Waals surface area contributed by atoms with Gasteiger partial charge >= 0.3 is 0 Å². The van der Waals surface area contributed by atoms with Crippen LogP contribution in [-0.2, 0) is 6.54 Å². The predicted molar refractivity (Wildman–Crippen MR) is 89.3 cm³/mol. The lowest BCUT2D eigenvalue weighted by Crippen LogP contribution is -2.16. The van der Waals surface area contributed by atoms with Crippen molar-refractivity contribution < 1.29 is 9.90 Å². The summed E-state index contributed by atoms with van der Waals surface area (Å²) in [6.45, 7) is 1.65. The Morgan fingerprint density at radius 3 is 2.64 bits per heavy atom. The van der Waals surface area contributed by atoms with Gasteiger partial charge in [-0.05, 0) is 54.9 Å². The van der Waals surface area contributed by atoms with Crippen LogP contribution in [0.25, 0.3) is 0 Å². The third kappa shape index (κ3) is 5.15. The van der Waals surface area contributed by atoms with Crippen molar-refractivity contribution in [2.24, 2.45) is 0 Å². The number of aliphatic hydroxyl groups is 1. The first-order chi connectivity index (χ1) is 10.7. The van der Waals surface area contributed by atoms with Crippen LogP contribution in [-0.4, -0.2) is 24.2 Å². The molecule has 0 bridgehead atoms. The number of hydrogen-bond acceptors (Lipinski definition) is 3. The second kappa shape index (κ2) is 8.54. The van der Waals surface area contributed by atoms with E-state index in [-0.39, 0.29) is 12.5 Å². The van der Waals surface area contributed by atoms with Crippen molar-refractivity contribution in [2.45, 2.75) is 13.0 Å². The first-order valence-electron chi connectivity index (χ1n) is 7.16. The molecular weight excluding hydrogens is 300 g/mol. The molecule has 0 fully saturated rings. The summed E-state index contributed by atoms with van der Waals surface area (Å²) in [4.78, 5) is 12.1. The largest absolute Gasteiger partial charge is 0.396 e. The monoisotopic (exact) mass is 318 g/mol. The minimum Gasteiger partial charge on any atom is -0.396 e. The van der Waals surface area contributed by atoms with Crippen molar-refractivity contribution in [3.63, 3.8) is 0 Å². The van der Waals surface area contributed by atoms with Gasteiger partial charge in [-0.15, -0.1) is 0 Å². The highest BCUT2D eigenvalue weighted by Crippen LogP contribution is 2.14. The molecule has 5 heteroatoms. The summed E-state index contributed by atoms with van der Waals surface area (Å²) in [5.74, 6) is -0.165. The lowest BCUT2D eigenvalue weighted by molar-refractivity contribution is 0.102. The number of carbonyl (C=O) groups is 1. The number of rotatable bonds is 7. The van der Waals surface area contributed by atoms with Crippen molar-refractivity contribution in [3.8, 4) is 0 Å². The van der Waals surface area contributed by atoms with Gasteiger partial charge in [-0.25, -0.2) is 0 Å². The molecular formula is C17H19ClN2O2. The summed E-state index contributed by atoms with van der Waals surface area (Å²) in [6, 6.07) is 14.4. The maximum absolute atomic E-state index is 12.1. The van der Waals surface area contributed by atoms with Crippen LogP contribution in [0.4, 0.5) is 5.69 Å². The SMILES string of the molecule is O=C(Nc1cccc(CNCCCO)c1)c1ccc(Cl)cc1. The second-order valence-electron chi connectivity index (χ2n) is 4.92. The average Bonchev–Trinajstić information content (AvgIpc) is 2.52. The minimum atomic E-state index is -0.165. The Balaban J connectivity index is 1.94. The fourth-order valence-corrected chi connectivity index (χ4v) is 2.13. The van der Waals surface area contributed by atoms with E-state index in [4.69, 9.17) is 16.7 Å². The van der Waals surface area contributed by atoms with E-state index in [9.17, 15) is 4.79 Å². The van der Waals surface area contributed by atoms with Crippen LogP contribution in [0.1, 0.15) is 22.3 Å². The summed E-state index contributed by atoms with van der Waals surface area (Å²) in [6.07, 6.45) is 0.729. The van der Waals surface area contributed by atoms with Gasteiger partial charge in [-0.3, -0.25) is 4.79 Å². The summed E-state index contributed by atoms with van der Waals surface area (Å²) in [7, 11) is 0. The Labute approximate surface area is 135 Å². The van der Waals surface area contributed by atoms with Crippen molar-refractivity contribution in [1.29, 1.82) is 0 Å². The molecule has 4 nitrogen and oxygen atoms in total. The number of anilines is 1. The predicted octanol–water partition coefficient (Wildman–Crippen LogP) is 3.06. The van der Waals surface area contributed by atoms with Crippen LogP contribution in [0.15, 0.2) is 48.5 Å². The van der Waals surface area contributed by atoms with Crippen LogP contribution >= 0.6 is 11.6 Å². The molecule has 22 heavy (non-hydrogen) atoms. The van der Waals surface area contributed by atoms with Gasteiger partial charge in [0.05, 0.1) is 0 Å². The number of amides is 1. The molecule has 1 amide bonds. The molecule has 0 aliphatic rings. The Kier molecular flexibility index (Phi) is 6.40. The fraction of sp³-hybridized carbons (Fsp3) is 0.235. The molecule has 0 saturated heterocycles. The normalized spacial score (nSPS) is 10.5. The third-order valence-electron chi connectivity index (χ3n) is 3.13. The van der Waals surface area contributed by atoms with E-state index < -0.39 is 0 Å². The molecule has 0 aliphatic carbocycles. The van der Waals surface area contributed by atoms with Crippen molar-refractivity contribution in [2.75, 3.05) is 18.5 Å². The van der Waals surface area contributed by atoms with Crippen LogP contribution < -0.4 is 10.6 Å². The number of carbonyl (C=O) groups excluding carboxylic acids is 1. The van der Waals surface area contributed by atoms with Crippen LogP contribution in [0.2, 0.25) is 5.02 Å². The standard InChI is InChI=1S/C17H19ClN2O2/c18-15-7-5-14(6-8-15)17(22)20-16-4-1-3-13(11-16)12-19-9-2-10-21/h1,3-8,11,19,21H,2,9-10,12H2,(H,20,22). The molecule has 0 aromatic heterocycles. The molecule has 0 saturated carbocycles. The third-order valence-corrected chi connectivity index (χ3v) is 3.38. The topological polar surface area (TPSA) is 61.4 Å². The van der Waals surface area contributed by atoms with Crippen molar-refractivity contribution >= 4 is 23.2 Å². The Bertz CT molecular complexity index is 614. The Morgan fingerprint density at radius 2 is 1.91 bits per heavy atom. The van der Waals surface area contributed by atoms with E-state index in [1.807, 2.05) is 24.3 Å². The van der Waals surface area contributed by atoms with E-state index in [1.165, 1.54) is 0 Å². The highest BCUT2D eigenvalue weighted by molar-refractivity contribution is 6.30. The first kappa shape index (κ1) is 16.5. The Hall–Kier alpha value is -1.88. The van der Waals surface area contributed by atoms with Gasteiger partial charge in [0.1, 0.15) is 0 Å². The number of hydrogen-bond donors (Lipinski definition) is 3. The minimum absolute atomic E-state index is 0.165. The van der Waals surface area contributed by atoms with Gasteiger partial charge in [0.15, 0.2) is 0 Å². The molecule has 2 aromatic rings. The number of nitrogens with one attached hydrogen (secondary N) is 2. The second-order valence-corrected chi connectivity index (χ2v) is 5.35. The van der Waals surface area contributed by atoms with Gasteiger partial charge in [-0.1, -0.05) is 23.7 Å². The lowest BCUT2D eigenvalue weighted by atomic mass is 10.1. The van der Waals surface area contributed by atoms with Crippen LogP contribution in [0, 0.1) is 0 Å². The molecule has 0 aliphatic heterocycles. The smallest absolute Gasteiger partial charge is 0.255 e. The van der Waals surface area contributed by atoms with E-state index >= 15 is 0 Å². The zero-order valence-corrected chi connectivity index (χ0v) is 12.9. The fourth-order valence-electron chi connectivity index (χ4n) is 2.00. The summed E-state index contributed by atoms with van der Waals surface area (Å²) < 4.78 is 0. The molecule has 3 N–H and O–H groups in total. The van der Waals surface area contributed by atoms with E-state index in [0.717, 1.165) is 24.2 Å². The Morgan fingerprint density at radius 1 is 1.14 bits per heavy atom. The summed E-state index contributed by atoms with van der Waals surface area (Å²) in [5, 5.41) is 15.4. The van der Waals surface area contributed by atoms with Crippen molar-refractivity contribution in [1.82, 2.24) is 5.32 Å². The molecule has 0 spiro atoms. The van der Waals surface area contributed by atoms with E-state index in [0.29, 0.717) is 17.1 Å². The molecule has 2 aromatic carbocycles. The molecule has 0 unspecified atom stereocenters. The zero-order chi connectivity index (χ0) is 15.8. The number of aliphatic hydroxyl groups excluding tert-OH is 1. The first-order valence-corrected chi connectivity index (χ1v) is 7.54. The van der Waals surface area contributed by atoms with Gasteiger partial charge in [-0.2, -0.15) is 0 Å².